The minimum atomic E-state index is -0.336. The van der Waals surface area contributed by atoms with Crippen molar-refractivity contribution in [2.24, 2.45) is 5.73 Å². The molecule has 0 amide bonds. The van der Waals surface area contributed by atoms with E-state index in [-0.39, 0.29) is 11.9 Å². The Labute approximate surface area is 111 Å². The van der Waals surface area contributed by atoms with Gasteiger partial charge in [0.2, 0.25) is 0 Å². The third-order valence-electron chi connectivity index (χ3n) is 3.05. The Kier molecular flexibility index (Phi) is 3.69. The van der Waals surface area contributed by atoms with Crippen molar-refractivity contribution in [2.75, 3.05) is 0 Å². The molecule has 0 aliphatic carbocycles. The molecule has 2 aromatic rings. The van der Waals surface area contributed by atoms with Crippen LogP contribution in [0.25, 0.3) is 0 Å². The summed E-state index contributed by atoms with van der Waals surface area (Å²) in [4.78, 5) is 0. The molecule has 0 saturated carbocycles. The van der Waals surface area contributed by atoms with Gasteiger partial charge in [0, 0.05) is 5.02 Å². The highest BCUT2D eigenvalue weighted by molar-refractivity contribution is 6.31. The Hall–Kier alpha value is -1.38. The molecule has 0 bridgehead atoms. The van der Waals surface area contributed by atoms with Crippen LogP contribution in [0.4, 0.5) is 4.39 Å². The van der Waals surface area contributed by atoms with Gasteiger partial charge < -0.3 is 5.73 Å². The van der Waals surface area contributed by atoms with Gasteiger partial charge in [-0.1, -0.05) is 41.4 Å². The van der Waals surface area contributed by atoms with Crippen molar-refractivity contribution in [2.45, 2.75) is 19.9 Å². The number of benzene rings is 2. The first-order chi connectivity index (χ1) is 8.49. The fourth-order valence-electron chi connectivity index (χ4n) is 1.87. The summed E-state index contributed by atoms with van der Waals surface area (Å²) in [6.07, 6.45) is 0. The van der Waals surface area contributed by atoms with E-state index in [1.807, 2.05) is 31.2 Å². The van der Waals surface area contributed by atoms with Gasteiger partial charge in [0.05, 0.1) is 6.04 Å². The highest BCUT2D eigenvalue weighted by Crippen LogP contribution is 2.28. The zero-order chi connectivity index (χ0) is 13.3. The maximum atomic E-state index is 13.4. The van der Waals surface area contributed by atoms with Gasteiger partial charge >= 0.3 is 0 Å². The van der Waals surface area contributed by atoms with Crippen LogP contribution in [0.15, 0.2) is 36.4 Å². The van der Waals surface area contributed by atoms with E-state index in [2.05, 4.69) is 0 Å². The van der Waals surface area contributed by atoms with Crippen LogP contribution in [-0.4, -0.2) is 0 Å². The summed E-state index contributed by atoms with van der Waals surface area (Å²) in [7, 11) is 0. The number of aryl methyl sites for hydroxylation is 2. The monoisotopic (exact) mass is 263 g/mol. The molecule has 0 fully saturated rings. The third kappa shape index (κ3) is 2.55. The van der Waals surface area contributed by atoms with Crippen LogP contribution >= 0.6 is 11.6 Å². The topological polar surface area (TPSA) is 26.0 Å². The zero-order valence-electron chi connectivity index (χ0n) is 10.4. The quantitative estimate of drug-likeness (QED) is 0.866. The van der Waals surface area contributed by atoms with E-state index in [0.29, 0.717) is 10.6 Å². The average Bonchev–Trinajstić information content (AvgIpc) is 2.34. The Balaban J connectivity index is 2.42. The van der Waals surface area contributed by atoms with E-state index in [9.17, 15) is 4.39 Å². The fourth-order valence-corrected chi connectivity index (χ4v) is 2.14. The Morgan fingerprint density at radius 1 is 1.11 bits per heavy atom. The Morgan fingerprint density at radius 2 is 1.72 bits per heavy atom. The number of halogens is 2. The summed E-state index contributed by atoms with van der Waals surface area (Å²) in [5.74, 6) is -0.306. The molecule has 0 aliphatic rings. The van der Waals surface area contributed by atoms with Crippen LogP contribution in [0.5, 0.6) is 0 Å². The van der Waals surface area contributed by atoms with E-state index in [4.69, 9.17) is 17.3 Å². The van der Waals surface area contributed by atoms with Crippen LogP contribution in [0.3, 0.4) is 0 Å². The molecular formula is C15H15ClFN. The molecule has 0 heterocycles. The first-order valence-electron chi connectivity index (χ1n) is 5.76. The van der Waals surface area contributed by atoms with E-state index in [1.54, 1.807) is 13.0 Å². The average molecular weight is 264 g/mol. The van der Waals surface area contributed by atoms with Gasteiger partial charge in [0.1, 0.15) is 5.82 Å². The van der Waals surface area contributed by atoms with Crippen LogP contribution in [0, 0.1) is 19.7 Å². The first-order valence-corrected chi connectivity index (χ1v) is 6.14. The predicted octanol–water partition coefficient (Wildman–Crippen LogP) is 4.14. The highest BCUT2D eigenvalue weighted by Gasteiger charge is 2.14. The maximum absolute atomic E-state index is 13.4. The molecule has 18 heavy (non-hydrogen) atoms. The van der Waals surface area contributed by atoms with Crippen molar-refractivity contribution in [3.05, 3.63) is 69.5 Å². The molecular weight excluding hydrogens is 249 g/mol. The molecule has 0 aromatic heterocycles. The molecule has 0 spiro atoms. The Morgan fingerprint density at radius 3 is 2.33 bits per heavy atom. The second kappa shape index (κ2) is 5.09. The van der Waals surface area contributed by atoms with Gasteiger partial charge in [0.15, 0.2) is 0 Å². The van der Waals surface area contributed by atoms with Crippen molar-refractivity contribution in [1.82, 2.24) is 0 Å². The molecule has 0 radical (unpaired) electrons. The predicted molar refractivity (Wildman–Crippen MR) is 73.4 cm³/mol. The minimum Gasteiger partial charge on any atom is -0.320 e. The molecule has 0 aliphatic heterocycles. The Bertz CT molecular complexity index is 563. The zero-order valence-corrected chi connectivity index (χ0v) is 11.1. The molecule has 2 N–H and O–H groups in total. The number of rotatable bonds is 2. The molecule has 94 valence electrons. The van der Waals surface area contributed by atoms with E-state index >= 15 is 0 Å². The van der Waals surface area contributed by atoms with Gasteiger partial charge in [-0.3, -0.25) is 0 Å². The summed E-state index contributed by atoms with van der Waals surface area (Å²) in [5.41, 5.74) is 9.62. The summed E-state index contributed by atoms with van der Waals surface area (Å²) in [6, 6.07) is 10.6. The molecule has 1 unspecified atom stereocenters. The summed E-state index contributed by atoms with van der Waals surface area (Å²) < 4.78 is 13.4. The highest BCUT2D eigenvalue weighted by atomic mass is 35.5. The van der Waals surface area contributed by atoms with Gasteiger partial charge in [-0.2, -0.15) is 0 Å². The van der Waals surface area contributed by atoms with Crippen molar-refractivity contribution < 1.29 is 4.39 Å². The van der Waals surface area contributed by atoms with Crippen molar-refractivity contribution in [3.8, 4) is 0 Å². The van der Waals surface area contributed by atoms with Gasteiger partial charge in [-0.05, 0) is 42.7 Å². The molecule has 1 atom stereocenters. The van der Waals surface area contributed by atoms with Gasteiger partial charge in [-0.25, -0.2) is 4.39 Å². The van der Waals surface area contributed by atoms with E-state index < -0.39 is 0 Å². The lowest BCUT2D eigenvalue weighted by Crippen LogP contribution is -2.13. The van der Waals surface area contributed by atoms with Gasteiger partial charge in [-0.15, -0.1) is 0 Å². The van der Waals surface area contributed by atoms with Crippen LogP contribution in [-0.2, 0) is 0 Å². The third-order valence-corrected chi connectivity index (χ3v) is 3.38. The molecule has 1 nitrogen and oxygen atoms in total. The number of nitrogens with two attached hydrogens (primary N) is 1. The van der Waals surface area contributed by atoms with Crippen LogP contribution < -0.4 is 5.73 Å². The molecule has 0 saturated heterocycles. The first kappa shape index (κ1) is 13.1. The van der Waals surface area contributed by atoms with Crippen LogP contribution in [0.2, 0.25) is 5.02 Å². The van der Waals surface area contributed by atoms with E-state index in [1.165, 1.54) is 11.6 Å². The maximum Gasteiger partial charge on any atom is 0.127 e. The number of hydrogen-bond acceptors (Lipinski definition) is 1. The summed E-state index contributed by atoms with van der Waals surface area (Å²) in [5, 5.41) is 0.367. The second-order valence-electron chi connectivity index (χ2n) is 4.51. The fraction of sp³-hybridized carbons (Fsp3) is 0.200. The lowest BCUT2D eigenvalue weighted by molar-refractivity contribution is 0.617. The normalized spacial score (nSPS) is 12.5. The lowest BCUT2D eigenvalue weighted by Gasteiger charge is -2.15. The van der Waals surface area contributed by atoms with E-state index in [0.717, 1.165) is 11.1 Å². The van der Waals surface area contributed by atoms with Crippen molar-refractivity contribution in [3.63, 3.8) is 0 Å². The molecule has 2 aromatic carbocycles. The smallest absolute Gasteiger partial charge is 0.127 e. The SMILES string of the molecule is Cc1ccc(C(N)c2cc(C)c(F)cc2Cl)cc1. The largest absolute Gasteiger partial charge is 0.320 e. The summed E-state index contributed by atoms with van der Waals surface area (Å²) in [6.45, 7) is 3.72. The minimum absolute atomic E-state index is 0.306. The molecule has 2 rings (SSSR count). The lowest BCUT2D eigenvalue weighted by atomic mass is 9.97. The second-order valence-corrected chi connectivity index (χ2v) is 4.92. The number of hydrogen-bond donors (Lipinski definition) is 1. The molecule has 3 heteroatoms. The van der Waals surface area contributed by atoms with Crippen LogP contribution in [0.1, 0.15) is 28.3 Å². The standard InChI is InChI=1S/C15H15ClFN/c1-9-3-5-11(6-4-9)15(18)12-7-10(2)14(17)8-13(12)16/h3-8,15H,18H2,1-2H3. The van der Waals surface area contributed by atoms with Gasteiger partial charge in [0.25, 0.3) is 0 Å². The van der Waals surface area contributed by atoms with Crippen molar-refractivity contribution in [1.29, 1.82) is 0 Å². The summed E-state index contributed by atoms with van der Waals surface area (Å²) >= 11 is 6.06. The van der Waals surface area contributed by atoms with Crippen molar-refractivity contribution >= 4 is 11.6 Å².